The highest BCUT2D eigenvalue weighted by molar-refractivity contribution is 7.90. The molecule has 0 spiro atoms. The number of pyridine rings is 1. The number of anilines is 1. The highest BCUT2D eigenvalue weighted by Gasteiger charge is 2.20. The van der Waals surface area contributed by atoms with Gasteiger partial charge in [0.15, 0.2) is 0 Å². The molecule has 1 aliphatic carbocycles. The molecule has 0 atom stereocenters. The van der Waals surface area contributed by atoms with Crippen molar-refractivity contribution in [1.29, 1.82) is 0 Å². The first kappa shape index (κ1) is 23.8. The van der Waals surface area contributed by atoms with E-state index in [9.17, 15) is 13.2 Å². The second-order valence-corrected chi connectivity index (χ2v) is 10.9. The van der Waals surface area contributed by atoms with Crippen LogP contribution in [0.5, 0.6) is 0 Å². The minimum Gasteiger partial charge on any atom is -0.349 e. The van der Waals surface area contributed by atoms with Crippen LogP contribution in [0.2, 0.25) is 0 Å². The summed E-state index contributed by atoms with van der Waals surface area (Å²) in [7, 11) is -3.68. The van der Waals surface area contributed by atoms with Crippen molar-refractivity contribution >= 4 is 27.5 Å². The standard InChI is InChI=1S/C25H32N6O3S/c32-25(27-21-7-5-8-21)20-10-11-24-28-23(18-31(24)17-20)19-6-4-9-22(16-19)29-35(33,34)26-12-15-30-13-2-1-3-14-30/h4,6,9-11,16-18,21,26,29H,1-3,5,7-8,12-15H2,(H,27,32). The van der Waals surface area contributed by atoms with E-state index in [0.29, 0.717) is 35.7 Å². The van der Waals surface area contributed by atoms with E-state index in [4.69, 9.17) is 0 Å². The van der Waals surface area contributed by atoms with Crippen molar-refractivity contribution in [3.8, 4) is 11.3 Å². The van der Waals surface area contributed by atoms with E-state index in [1.165, 1.54) is 25.7 Å². The molecule has 2 aromatic heterocycles. The fourth-order valence-electron chi connectivity index (χ4n) is 4.54. The van der Waals surface area contributed by atoms with E-state index >= 15 is 0 Å². The molecular weight excluding hydrogens is 464 g/mol. The molecule has 186 valence electrons. The molecule has 1 aromatic carbocycles. The minimum absolute atomic E-state index is 0.0731. The zero-order valence-corrected chi connectivity index (χ0v) is 20.6. The third kappa shape index (κ3) is 6.01. The van der Waals surface area contributed by atoms with Gasteiger partial charge in [-0.25, -0.2) is 4.98 Å². The van der Waals surface area contributed by atoms with Crippen molar-refractivity contribution in [1.82, 2.24) is 24.3 Å². The number of carbonyl (C=O) groups is 1. The lowest BCUT2D eigenvalue weighted by molar-refractivity contribution is 0.0916. The number of nitrogens with zero attached hydrogens (tertiary/aromatic N) is 3. The summed E-state index contributed by atoms with van der Waals surface area (Å²) in [4.78, 5) is 19.4. The molecule has 3 aromatic rings. The summed E-state index contributed by atoms with van der Waals surface area (Å²) >= 11 is 0. The van der Waals surface area contributed by atoms with Crippen LogP contribution in [0.1, 0.15) is 48.9 Å². The number of fused-ring (bicyclic) bond motifs is 1. The molecule has 1 aliphatic heterocycles. The van der Waals surface area contributed by atoms with Crippen LogP contribution in [0.15, 0.2) is 48.8 Å². The minimum atomic E-state index is -3.68. The quantitative estimate of drug-likeness (QED) is 0.422. The monoisotopic (exact) mass is 496 g/mol. The molecule has 0 bridgehead atoms. The predicted octanol–water partition coefficient (Wildman–Crippen LogP) is 3.02. The summed E-state index contributed by atoms with van der Waals surface area (Å²) in [5.74, 6) is -0.0731. The van der Waals surface area contributed by atoms with E-state index in [1.807, 2.05) is 22.7 Å². The summed E-state index contributed by atoms with van der Waals surface area (Å²) in [5, 5.41) is 3.05. The first-order chi connectivity index (χ1) is 16.9. The number of carbonyl (C=O) groups excluding carboxylic acids is 1. The van der Waals surface area contributed by atoms with Crippen LogP contribution in [-0.2, 0) is 10.2 Å². The Morgan fingerprint density at radius 3 is 2.63 bits per heavy atom. The molecule has 0 unspecified atom stereocenters. The average molecular weight is 497 g/mol. The number of imidazole rings is 1. The molecule has 2 aliphatic rings. The molecule has 0 radical (unpaired) electrons. The molecule has 2 fully saturated rings. The lowest BCUT2D eigenvalue weighted by Crippen LogP contribution is -2.39. The molecule has 10 heteroatoms. The number of hydrogen-bond donors (Lipinski definition) is 3. The summed E-state index contributed by atoms with van der Waals surface area (Å²) < 4.78 is 32.1. The molecule has 5 rings (SSSR count). The van der Waals surface area contributed by atoms with Gasteiger partial charge in [-0.3, -0.25) is 9.52 Å². The van der Waals surface area contributed by atoms with Crippen molar-refractivity contribution < 1.29 is 13.2 Å². The van der Waals surface area contributed by atoms with Gasteiger partial charge in [0.2, 0.25) is 0 Å². The Labute approximate surface area is 206 Å². The molecule has 9 nitrogen and oxygen atoms in total. The Balaban J connectivity index is 1.24. The number of hydrogen-bond acceptors (Lipinski definition) is 5. The van der Waals surface area contributed by atoms with Crippen molar-refractivity contribution in [2.45, 2.75) is 44.6 Å². The van der Waals surface area contributed by atoms with Crippen molar-refractivity contribution in [2.24, 2.45) is 0 Å². The topological polar surface area (TPSA) is 108 Å². The number of amides is 1. The Bertz CT molecular complexity index is 1300. The third-order valence-electron chi connectivity index (χ3n) is 6.73. The lowest BCUT2D eigenvalue weighted by atomic mass is 9.93. The van der Waals surface area contributed by atoms with Crippen LogP contribution in [0, 0.1) is 0 Å². The van der Waals surface area contributed by atoms with Crippen molar-refractivity contribution in [3.05, 3.63) is 54.4 Å². The van der Waals surface area contributed by atoms with Gasteiger partial charge in [0.05, 0.1) is 16.9 Å². The van der Waals surface area contributed by atoms with Gasteiger partial charge >= 0.3 is 0 Å². The Hall–Kier alpha value is -2.95. The number of aromatic nitrogens is 2. The van der Waals surface area contributed by atoms with E-state index in [2.05, 4.69) is 24.6 Å². The van der Waals surface area contributed by atoms with Gasteiger partial charge in [-0.1, -0.05) is 18.6 Å². The Morgan fingerprint density at radius 1 is 1.03 bits per heavy atom. The fourth-order valence-corrected chi connectivity index (χ4v) is 5.41. The maximum atomic E-state index is 12.5. The highest BCUT2D eigenvalue weighted by atomic mass is 32.2. The van der Waals surface area contributed by atoms with Gasteiger partial charge in [-0.05, 0) is 69.5 Å². The largest absolute Gasteiger partial charge is 0.349 e. The second-order valence-electron chi connectivity index (χ2n) is 9.39. The van der Waals surface area contributed by atoms with Crippen LogP contribution in [0.25, 0.3) is 16.9 Å². The number of nitrogens with one attached hydrogen (secondary N) is 3. The summed E-state index contributed by atoms with van der Waals surface area (Å²) in [5.41, 5.74) is 3.24. The molecule has 1 amide bonds. The van der Waals surface area contributed by atoms with Gasteiger partial charge in [-0.15, -0.1) is 0 Å². The fraction of sp³-hybridized carbons (Fsp3) is 0.440. The molecule has 3 heterocycles. The van der Waals surface area contributed by atoms with E-state index < -0.39 is 10.2 Å². The average Bonchev–Trinajstić information content (AvgIpc) is 3.25. The zero-order chi connectivity index (χ0) is 24.3. The SMILES string of the molecule is O=C(NC1CCC1)c1ccc2nc(-c3cccc(NS(=O)(=O)NCCN4CCCCC4)c3)cn2c1. The number of benzene rings is 1. The molecular formula is C25H32N6O3S. The van der Waals surface area contributed by atoms with E-state index in [1.54, 1.807) is 30.5 Å². The maximum absolute atomic E-state index is 12.5. The first-order valence-corrected chi connectivity index (χ1v) is 13.8. The summed E-state index contributed by atoms with van der Waals surface area (Å²) in [6.07, 6.45) is 10.5. The van der Waals surface area contributed by atoms with Gasteiger partial charge in [-0.2, -0.15) is 13.1 Å². The van der Waals surface area contributed by atoms with Crippen molar-refractivity contribution in [2.75, 3.05) is 30.9 Å². The van der Waals surface area contributed by atoms with Crippen LogP contribution < -0.4 is 14.8 Å². The normalized spacial score (nSPS) is 17.3. The zero-order valence-electron chi connectivity index (χ0n) is 19.7. The lowest BCUT2D eigenvalue weighted by Gasteiger charge is -2.26. The van der Waals surface area contributed by atoms with Gasteiger partial charge in [0.1, 0.15) is 5.65 Å². The van der Waals surface area contributed by atoms with Gasteiger partial charge in [0.25, 0.3) is 16.1 Å². The highest BCUT2D eigenvalue weighted by Crippen LogP contribution is 2.24. The first-order valence-electron chi connectivity index (χ1n) is 12.3. The smallest absolute Gasteiger partial charge is 0.299 e. The van der Waals surface area contributed by atoms with Crippen LogP contribution in [0.3, 0.4) is 0 Å². The molecule has 3 N–H and O–H groups in total. The van der Waals surface area contributed by atoms with Crippen LogP contribution in [-0.4, -0.2) is 60.8 Å². The van der Waals surface area contributed by atoms with Crippen LogP contribution in [0.4, 0.5) is 5.69 Å². The maximum Gasteiger partial charge on any atom is 0.299 e. The number of rotatable bonds is 9. The summed E-state index contributed by atoms with van der Waals surface area (Å²) in [6.45, 7) is 3.15. The molecule has 35 heavy (non-hydrogen) atoms. The molecule has 1 saturated carbocycles. The third-order valence-corrected chi connectivity index (χ3v) is 7.82. The Kier molecular flexibility index (Phi) is 7.03. The number of likely N-dealkylation sites (tertiary alicyclic amines) is 1. The number of piperidine rings is 1. The van der Waals surface area contributed by atoms with Crippen molar-refractivity contribution in [3.63, 3.8) is 0 Å². The van der Waals surface area contributed by atoms with E-state index in [-0.39, 0.29) is 11.9 Å². The second kappa shape index (κ2) is 10.3. The van der Waals surface area contributed by atoms with Gasteiger partial charge in [0, 0.05) is 37.1 Å². The van der Waals surface area contributed by atoms with Gasteiger partial charge < -0.3 is 14.6 Å². The van der Waals surface area contributed by atoms with Crippen LogP contribution >= 0.6 is 0 Å². The molecule has 1 saturated heterocycles. The summed E-state index contributed by atoms with van der Waals surface area (Å²) in [6, 6.07) is 11.0. The van der Waals surface area contributed by atoms with E-state index in [0.717, 1.165) is 31.5 Å². The predicted molar refractivity (Wildman–Crippen MR) is 137 cm³/mol. The Morgan fingerprint density at radius 2 is 1.86 bits per heavy atom.